The van der Waals surface area contributed by atoms with E-state index in [9.17, 15) is 0 Å². The molecular formula is C53H33N3O. The molecule has 0 unspecified atom stereocenters. The Bertz CT molecular complexity index is 3270. The number of fused-ring (bicyclic) bond motifs is 9. The van der Waals surface area contributed by atoms with Crippen LogP contribution in [0.25, 0.3) is 83.2 Å². The van der Waals surface area contributed by atoms with Gasteiger partial charge < -0.3 is 4.42 Å². The predicted molar refractivity (Wildman–Crippen MR) is 232 cm³/mol. The van der Waals surface area contributed by atoms with Crippen LogP contribution in [0.2, 0.25) is 0 Å². The molecule has 0 saturated heterocycles. The second kappa shape index (κ2) is 12.2. The van der Waals surface area contributed by atoms with Gasteiger partial charge in [-0.25, -0.2) is 9.97 Å². The molecule has 0 atom stereocenters. The standard InChI is InChI=1S/C53H33N3O/c1-2-18-36(19-3-1)53(43-26-9-4-20-38(43)39-21-5-10-27-44(39)53)49-33-50(56-45-28-11-6-22-40(45)41-23-7-12-29-46(41)56)55-52(54-49)35-17-14-16-34(32-35)37-25-15-31-48-51(37)42-24-8-13-30-47(42)57-48/h1-33H. The first-order valence-corrected chi connectivity index (χ1v) is 19.4. The van der Waals surface area contributed by atoms with Gasteiger partial charge in [0.15, 0.2) is 5.82 Å². The van der Waals surface area contributed by atoms with Crippen molar-refractivity contribution in [2.24, 2.45) is 0 Å². The van der Waals surface area contributed by atoms with E-state index in [-0.39, 0.29) is 0 Å². The third-order valence-corrected chi connectivity index (χ3v) is 11.9. The van der Waals surface area contributed by atoms with Crippen molar-refractivity contribution in [3.8, 4) is 39.5 Å². The molecule has 4 nitrogen and oxygen atoms in total. The summed E-state index contributed by atoms with van der Waals surface area (Å²) in [6, 6.07) is 71.2. The quantitative estimate of drug-likeness (QED) is 0.177. The van der Waals surface area contributed by atoms with E-state index in [1.54, 1.807) is 0 Å². The molecule has 0 N–H and O–H groups in total. The van der Waals surface area contributed by atoms with Crippen molar-refractivity contribution in [2.75, 3.05) is 0 Å². The monoisotopic (exact) mass is 727 g/mol. The average molecular weight is 728 g/mol. The van der Waals surface area contributed by atoms with Crippen LogP contribution in [0.15, 0.2) is 205 Å². The van der Waals surface area contributed by atoms with Crippen molar-refractivity contribution in [2.45, 2.75) is 5.41 Å². The maximum Gasteiger partial charge on any atom is 0.161 e. The van der Waals surface area contributed by atoms with E-state index in [1.807, 2.05) is 18.2 Å². The summed E-state index contributed by atoms with van der Waals surface area (Å²) in [5.74, 6) is 1.48. The summed E-state index contributed by atoms with van der Waals surface area (Å²) in [6.07, 6.45) is 0. The fraction of sp³-hybridized carbons (Fsp3) is 0.0189. The minimum absolute atomic E-state index is 0.660. The molecule has 0 spiro atoms. The number of para-hydroxylation sites is 3. The largest absolute Gasteiger partial charge is 0.456 e. The number of nitrogens with zero attached hydrogens (tertiary/aromatic N) is 3. The second-order valence-electron chi connectivity index (χ2n) is 14.9. The fourth-order valence-corrected chi connectivity index (χ4v) is 9.54. The zero-order valence-corrected chi connectivity index (χ0v) is 30.8. The second-order valence-corrected chi connectivity index (χ2v) is 14.9. The molecule has 0 fully saturated rings. The lowest BCUT2D eigenvalue weighted by molar-refractivity contribution is 0.669. The van der Waals surface area contributed by atoms with Crippen molar-refractivity contribution in [3.05, 3.63) is 223 Å². The SMILES string of the molecule is c1ccc(C2(c3cc(-n4c5ccccc5c5ccccc54)nc(-c4cccc(-c5cccc6oc7ccccc7c56)c4)n3)c3ccccc3-c3ccccc32)cc1. The zero-order valence-electron chi connectivity index (χ0n) is 30.8. The lowest BCUT2D eigenvalue weighted by atomic mass is 9.70. The molecule has 0 radical (unpaired) electrons. The first-order chi connectivity index (χ1) is 28.3. The summed E-state index contributed by atoms with van der Waals surface area (Å²) in [5, 5.41) is 4.58. The van der Waals surface area contributed by atoms with Gasteiger partial charge in [-0.2, -0.15) is 0 Å². The summed E-state index contributed by atoms with van der Waals surface area (Å²) in [7, 11) is 0. The van der Waals surface area contributed by atoms with Crippen LogP contribution in [-0.2, 0) is 5.41 Å². The predicted octanol–water partition coefficient (Wildman–Crippen LogP) is 13.2. The molecule has 1 aliphatic rings. The Labute approximate surface area is 329 Å². The average Bonchev–Trinajstić information content (AvgIpc) is 3.93. The van der Waals surface area contributed by atoms with Gasteiger partial charge in [0.05, 0.1) is 22.1 Å². The first kappa shape index (κ1) is 31.8. The van der Waals surface area contributed by atoms with E-state index in [4.69, 9.17) is 14.4 Å². The van der Waals surface area contributed by atoms with Gasteiger partial charge in [-0.3, -0.25) is 4.57 Å². The van der Waals surface area contributed by atoms with Crippen molar-refractivity contribution >= 4 is 43.7 Å². The Balaban J connectivity index is 1.18. The Kier molecular flexibility index (Phi) is 6.81. The smallest absolute Gasteiger partial charge is 0.161 e. The molecule has 0 bridgehead atoms. The third kappa shape index (κ3) is 4.56. The highest BCUT2D eigenvalue weighted by Gasteiger charge is 2.47. The van der Waals surface area contributed by atoms with Gasteiger partial charge in [-0.15, -0.1) is 0 Å². The maximum absolute atomic E-state index is 6.31. The van der Waals surface area contributed by atoms with Crippen LogP contribution >= 0.6 is 0 Å². The zero-order chi connectivity index (χ0) is 37.5. The summed E-state index contributed by atoms with van der Waals surface area (Å²) in [4.78, 5) is 11.2. The lowest BCUT2D eigenvalue weighted by Gasteiger charge is -2.33. The molecule has 11 aromatic rings. The number of hydrogen-bond acceptors (Lipinski definition) is 3. The molecule has 8 aromatic carbocycles. The van der Waals surface area contributed by atoms with Crippen molar-refractivity contribution in [1.29, 1.82) is 0 Å². The molecule has 12 rings (SSSR count). The molecule has 266 valence electrons. The van der Waals surface area contributed by atoms with Gasteiger partial charge in [0.25, 0.3) is 0 Å². The third-order valence-electron chi connectivity index (χ3n) is 11.9. The summed E-state index contributed by atoms with van der Waals surface area (Å²) in [6.45, 7) is 0. The van der Waals surface area contributed by atoms with Gasteiger partial charge in [0.1, 0.15) is 17.0 Å². The lowest BCUT2D eigenvalue weighted by Crippen LogP contribution is -2.30. The van der Waals surface area contributed by atoms with Gasteiger partial charge in [0.2, 0.25) is 0 Å². The van der Waals surface area contributed by atoms with Crippen molar-refractivity contribution < 1.29 is 4.42 Å². The number of aromatic nitrogens is 3. The molecular weight excluding hydrogens is 695 g/mol. The molecule has 3 aromatic heterocycles. The van der Waals surface area contributed by atoms with Gasteiger partial charge in [-0.05, 0) is 69.3 Å². The van der Waals surface area contributed by atoms with Gasteiger partial charge in [0, 0.05) is 33.2 Å². The van der Waals surface area contributed by atoms with E-state index < -0.39 is 5.41 Å². The topological polar surface area (TPSA) is 43.9 Å². The van der Waals surface area contributed by atoms with Crippen LogP contribution in [0.4, 0.5) is 0 Å². The highest BCUT2D eigenvalue weighted by molar-refractivity contribution is 6.12. The molecule has 0 aliphatic heterocycles. The maximum atomic E-state index is 6.31. The Hall–Kier alpha value is -7.56. The minimum Gasteiger partial charge on any atom is -0.456 e. The van der Waals surface area contributed by atoms with E-state index in [0.717, 1.165) is 66.7 Å². The van der Waals surface area contributed by atoms with Crippen LogP contribution in [0.1, 0.15) is 22.4 Å². The van der Waals surface area contributed by atoms with Crippen molar-refractivity contribution in [3.63, 3.8) is 0 Å². The molecule has 0 saturated carbocycles. The number of hydrogen-bond donors (Lipinski definition) is 0. The molecule has 57 heavy (non-hydrogen) atoms. The van der Waals surface area contributed by atoms with E-state index in [1.165, 1.54) is 33.0 Å². The molecule has 4 heteroatoms. The number of furan rings is 1. The van der Waals surface area contributed by atoms with E-state index >= 15 is 0 Å². The number of rotatable bonds is 5. The molecule has 0 amide bonds. The Morgan fingerprint density at radius 1 is 0.421 bits per heavy atom. The Morgan fingerprint density at radius 3 is 1.72 bits per heavy atom. The van der Waals surface area contributed by atoms with E-state index in [0.29, 0.717) is 5.82 Å². The first-order valence-electron chi connectivity index (χ1n) is 19.4. The van der Waals surface area contributed by atoms with Crippen molar-refractivity contribution in [1.82, 2.24) is 14.5 Å². The highest BCUT2D eigenvalue weighted by atomic mass is 16.3. The summed E-state index contributed by atoms with van der Waals surface area (Å²) < 4.78 is 8.63. The van der Waals surface area contributed by atoms with E-state index in [2.05, 4.69) is 187 Å². The van der Waals surface area contributed by atoms with Gasteiger partial charge in [-0.1, -0.05) is 164 Å². The fourth-order valence-electron chi connectivity index (χ4n) is 9.54. The minimum atomic E-state index is -0.710. The van der Waals surface area contributed by atoms with Crippen LogP contribution in [0.3, 0.4) is 0 Å². The highest BCUT2D eigenvalue weighted by Crippen LogP contribution is 2.56. The van der Waals surface area contributed by atoms with Crippen LogP contribution < -0.4 is 0 Å². The summed E-state index contributed by atoms with van der Waals surface area (Å²) >= 11 is 0. The van der Waals surface area contributed by atoms with Crippen LogP contribution in [0.5, 0.6) is 0 Å². The Morgan fingerprint density at radius 2 is 0.982 bits per heavy atom. The molecule has 3 heterocycles. The summed E-state index contributed by atoms with van der Waals surface area (Å²) in [5.41, 5.74) is 13.3. The normalized spacial score (nSPS) is 13.1. The van der Waals surface area contributed by atoms with Crippen LogP contribution in [0, 0.1) is 0 Å². The number of benzene rings is 8. The molecule has 1 aliphatic carbocycles. The van der Waals surface area contributed by atoms with Crippen LogP contribution in [-0.4, -0.2) is 14.5 Å². The van der Waals surface area contributed by atoms with Gasteiger partial charge >= 0.3 is 0 Å².